The third-order valence-corrected chi connectivity index (χ3v) is 5.18. The summed E-state index contributed by atoms with van der Waals surface area (Å²) in [6.45, 7) is 4.84. The summed E-state index contributed by atoms with van der Waals surface area (Å²) in [5.74, 6) is 0.501. The number of oxazole rings is 1. The van der Waals surface area contributed by atoms with Crippen LogP contribution in [0.2, 0.25) is 0 Å². The molecule has 2 aromatic rings. The van der Waals surface area contributed by atoms with Crippen LogP contribution in [0.4, 0.5) is 10.5 Å². The molecule has 2 heterocycles. The summed E-state index contributed by atoms with van der Waals surface area (Å²) in [7, 11) is 3.35. The van der Waals surface area contributed by atoms with Gasteiger partial charge in [-0.2, -0.15) is 0 Å². The van der Waals surface area contributed by atoms with Gasteiger partial charge in [-0.15, -0.1) is 0 Å². The van der Waals surface area contributed by atoms with Crippen LogP contribution in [-0.2, 0) is 4.74 Å². The van der Waals surface area contributed by atoms with Crippen molar-refractivity contribution in [3.63, 3.8) is 0 Å². The second kappa shape index (κ2) is 9.63. The molecule has 3 rings (SSSR count). The molecule has 1 aliphatic heterocycles. The molecule has 1 N–H and O–H groups in total. The summed E-state index contributed by atoms with van der Waals surface area (Å²) in [6, 6.07) is 6.44. The number of nitrogens with one attached hydrogen (secondary N) is 1. The smallest absolute Gasteiger partial charge is 0.338 e. The molecule has 0 atom stereocenters. The standard InChI is InChI=1S/C22H28N4O5/c1-5-30-21(28)16-7-6-8-17(13-16)23-22(29)26-11-9-15(10-12-26)19-24-18(14(2)31-19)20(27)25(3)4/h6-8,13,15H,5,9-12H2,1-4H3,(H,23,29). The maximum absolute atomic E-state index is 12.6. The van der Waals surface area contributed by atoms with Crippen LogP contribution in [0.3, 0.4) is 0 Å². The van der Waals surface area contributed by atoms with Gasteiger partial charge < -0.3 is 24.3 Å². The number of amides is 3. The molecule has 0 unspecified atom stereocenters. The van der Waals surface area contributed by atoms with E-state index in [0.29, 0.717) is 61.1 Å². The first-order valence-electron chi connectivity index (χ1n) is 10.3. The van der Waals surface area contributed by atoms with Crippen molar-refractivity contribution >= 4 is 23.6 Å². The van der Waals surface area contributed by atoms with Crippen molar-refractivity contribution in [2.24, 2.45) is 0 Å². The Labute approximate surface area is 181 Å². The number of esters is 1. The van der Waals surface area contributed by atoms with E-state index in [9.17, 15) is 14.4 Å². The molecule has 166 valence electrons. The number of piperidine rings is 1. The quantitative estimate of drug-likeness (QED) is 0.733. The summed E-state index contributed by atoms with van der Waals surface area (Å²) >= 11 is 0. The minimum atomic E-state index is -0.423. The molecule has 9 nitrogen and oxygen atoms in total. The maximum atomic E-state index is 12.6. The van der Waals surface area contributed by atoms with Crippen molar-refractivity contribution in [2.45, 2.75) is 32.6 Å². The highest BCUT2D eigenvalue weighted by atomic mass is 16.5. The Morgan fingerprint density at radius 2 is 1.97 bits per heavy atom. The Morgan fingerprint density at radius 3 is 2.61 bits per heavy atom. The zero-order valence-electron chi connectivity index (χ0n) is 18.3. The van der Waals surface area contributed by atoms with Crippen LogP contribution in [-0.4, -0.2) is 66.5 Å². The highest BCUT2D eigenvalue weighted by Gasteiger charge is 2.29. The number of nitrogens with zero attached hydrogens (tertiary/aromatic N) is 3. The molecule has 1 aliphatic rings. The minimum absolute atomic E-state index is 0.0543. The molecule has 1 aromatic heterocycles. The van der Waals surface area contributed by atoms with Crippen LogP contribution in [0.1, 0.15) is 58.2 Å². The van der Waals surface area contributed by atoms with Gasteiger partial charge in [0.1, 0.15) is 5.76 Å². The van der Waals surface area contributed by atoms with E-state index in [1.807, 2.05) is 0 Å². The molecule has 0 radical (unpaired) electrons. The van der Waals surface area contributed by atoms with E-state index in [2.05, 4.69) is 10.3 Å². The molecule has 0 bridgehead atoms. The Kier molecular flexibility index (Phi) is 6.94. The lowest BCUT2D eigenvalue weighted by atomic mass is 9.97. The molecule has 1 aromatic carbocycles. The van der Waals surface area contributed by atoms with Crippen molar-refractivity contribution in [1.82, 2.24) is 14.8 Å². The van der Waals surface area contributed by atoms with Crippen LogP contribution >= 0.6 is 0 Å². The van der Waals surface area contributed by atoms with E-state index in [1.54, 1.807) is 57.1 Å². The fourth-order valence-electron chi connectivity index (χ4n) is 3.47. The first-order chi connectivity index (χ1) is 14.8. The van der Waals surface area contributed by atoms with E-state index in [0.717, 1.165) is 0 Å². The first kappa shape index (κ1) is 22.3. The lowest BCUT2D eigenvalue weighted by molar-refractivity contribution is 0.0526. The number of rotatable bonds is 5. The summed E-state index contributed by atoms with van der Waals surface area (Å²) in [4.78, 5) is 44.3. The highest BCUT2D eigenvalue weighted by molar-refractivity contribution is 5.94. The number of aromatic nitrogens is 1. The van der Waals surface area contributed by atoms with E-state index in [1.165, 1.54) is 4.90 Å². The number of ether oxygens (including phenoxy) is 1. The van der Waals surface area contributed by atoms with E-state index in [-0.39, 0.29) is 17.9 Å². The van der Waals surface area contributed by atoms with Gasteiger partial charge in [-0.3, -0.25) is 4.79 Å². The van der Waals surface area contributed by atoms with Crippen LogP contribution in [0.5, 0.6) is 0 Å². The Morgan fingerprint density at radius 1 is 1.26 bits per heavy atom. The van der Waals surface area contributed by atoms with Gasteiger partial charge >= 0.3 is 12.0 Å². The van der Waals surface area contributed by atoms with E-state index < -0.39 is 5.97 Å². The fourth-order valence-corrected chi connectivity index (χ4v) is 3.47. The van der Waals surface area contributed by atoms with Crippen LogP contribution in [0.25, 0.3) is 0 Å². The maximum Gasteiger partial charge on any atom is 0.338 e. The summed E-state index contributed by atoms with van der Waals surface area (Å²) in [6.07, 6.45) is 1.37. The molecule has 0 spiro atoms. The van der Waals surface area contributed by atoms with Crippen molar-refractivity contribution < 1.29 is 23.5 Å². The molecule has 0 aliphatic carbocycles. The zero-order valence-corrected chi connectivity index (χ0v) is 18.3. The van der Waals surface area contributed by atoms with E-state index >= 15 is 0 Å². The lowest BCUT2D eigenvalue weighted by Crippen LogP contribution is -2.40. The first-order valence-corrected chi connectivity index (χ1v) is 10.3. The molecule has 1 saturated heterocycles. The number of likely N-dealkylation sites (tertiary alicyclic amines) is 1. The normalized spacial score (nSPS) is 14.3. The van der Waals surface area contributed by atoms with Crippen LogP contribution < -0.4 is 5.32 Å². The summed E-state index contributed by atoms with van der Waals surface area (Å²) < 4.78 is 10.7. The van der Waals surface area contributed by atoms with Crippen molar-refractivity contribution in [2.75, 3.05) is 39.1 Å². The topological polar surface area (TPSA) is 105 Å². The highest BCUT2D eigenvalue weighted by Crippen LogP contribution is 2.29. The molecule has 3 amide bonds. The predicted molar refractivity (Wildman–Crippen MR) is 114 cm³/mol. The van der Waals surface area contributed by atoms with Gasteiger partial charge in [0, 0.05) is 38.8 Å². The monoisotopic (exact) mass is 428 g/mol. The number of urea groups is 1. The second-order valence-electron chi connectivity index (χ2n) is 7.65. The predicted octanol–water partition coefficient (Wildman–Crippen LogP) is 3.27. The third kappa shape index (κ3) is 5.22. The number of hydrogen-bond donors (Lipinski definition) is 1. The molecule has 0 saturated carbocycles. The molecule has 9 heteroatoms. The second-order valence-corrected chi connectivity index (χ2v) is 7.65. The van der Waals surface area contributed by atoms with Crippen molar-refractivity contribution in [3.05, 3.63) is 47.2 Å². The number of carbonyl (C=O) groups is 3. The molecule has 31 heavy (non-hydrogen) atoms. The largest absolute Gasteiger partial charge is 0.462 e. The zero-order chi connectivity index (χ0) is 22.5. The van der Waals surface area contributed by atoms with Gasteiger partial charge in [0.15, 0.2) is 11.6 Å². The number of anilines is 1. The Hall–Kier alpha value is -3.36. The minimum Gasteiger partial charge on any atom is -0.462 e. The molecular formula is C22H28N4O5. The van der Waals surface area contributed by atoms with Gasteiger partial charge in [0.2, 0.25) is 0 Å². The average molecular weight is 428 g/mol. The number of aryl methyl sites for hydroxylation is 1. The molecular weight excluding hydrogens is 400 g/mol. The Bertz CT molecular complexity index is 961. The summed E-state index contributed by atoms with van der Waals surface area (Å²) in [5.41, 5.74) is 1.26. The van der Waals surface area contributed by atoms with Gasteiger partial charge in [-0.05, 0) is 44.9 Å². The fraction of sp³-hybridized carbons (Fsp3) is 0.455. The van der Waals surface area contributed by atoms with Gasteiger partial charge in [-0.25, -0.2) is 14.6 Å². The van der Waals surface area contributed by atoms with Gasteiger partial charge in [-0.1, -0.05) is 6.07 Å². The summed E-state index contributed by atoms with van der Waals surface area (Å²) in [5, 5.41) is 2.83. The van der Waals surface area contributed by atoms with Crippen LogP contribution in [0.15, 0.2) is 28.7 Å². The average Bonchev–Trinajstić information content (AvgIpc) is 3.15. The van der Waals surface area contributed by atoms with Crippen LogP contribution in [0, 0.1) is 6.92 Å². The number of carbonyl (C=O) groups excluding carboxylic acids is 3. The van der Waals surface area contributed by atoms with Gasteiger partial charge in [0.05, 0.1) is 12.2 Å². The van der Waals surface area contributed by atoms with Gasteiger partial charge in [0.25, 0.3) is 5.91 Å². The molecule has 1 fully saturated rings. The van der Waals surface area contributed by atoms with Crippen molar-refractivity contribution in [3.8, 4) is 0 Å². The van der Waals surface area contributed by atoms with E-state index in [4.69, 9.17) is 9.15 Å². The lowest BCUT2D eigenvalue weighted by Gasteiger charge is -2.30. The number of hydrogen-bond acceptors (Lipinski definition) is 6. The Balaban J connectivity index is 1.58. The SMILES string of the molecule is CCOC(=O)c1cccc(NC(=O)N2CCC(c3nc(C(=O)N(C)C)c(C)o3)CC2)c1. The number of benzene rings is 1. The third-order valence-electron chi connectivity index (χ3n) is 5.18. The van der Waals surface area contributed by atoms with Crippen molar-refractivity contribution in [1.29, 1.82) is 0 Å².